The molecule has 3 nitrogen and oxygen atoms in total. The van der Waals surface area contributed by atoms with Gasteiger partial charge < -0.3 is 4.74 Å². The highest BCUT2D eigenvalue weighted by Crippen LogP contribution is 2.39. The number of esters is 1. The van der Waals surface area contributed by atoms with Crippen LogP contribution in [-0.2, 0) is 16.0 Å². The topological polar surface area (TPSA) is 43.4 Å². The number of benzene rings is 1. The van der Waals surface area contributed by atoms with Gasteiger partial charge in [-0.25, -0.2) is 0 Å². The lowest BCUT2D eigenvalue weighted by Gasteiger charge is -2.19. The summed E-state index contributed by atoms with van der Waals surface area (Å²) in [6.45, 7) is 0. The molecule has 0 aliphatic carbocycles. The van der Waals surface area contributed by atoms with E-state index in [1.807, 2.05) is 0 Å². The van der Waals surface area contributed by atoms with Crippen LogP contribution in [0, 0.1) is 0 Å². The molecule has 0 unspecified atom stereocenters. The van der Waals surface area contributed by atoms with Crippen molar-refractivity contribution in [1.29, 1.82) is 0 Å². The summed E-state index contributed by atoms with van der Waals surface area (Å²) >= 11 is 0. The third-order valence-corrected chi connectivity index (χ3v) is 3.91. The van der Waals surface area contributed by atoms with Crippen LogP contribution in [0.5, 0.6) is 0 Å². The Morgan fingerprint density at radius 2 is 1.54 bits per heavy atom. The average molecular weight is 380 g/mol. The summed E-state index contributed by atoms with van der Waals surface area (Å²) < 4.78 is 66.3. The summed E-state index contributed by atoms with van der Waals surface area (Å²) in [7, 11) is 1.32. The van der Waals surface area contributed by atoms with Crippen molar-refractivity contribution in [3.05, 3.63) is 35.4 Å². The number of aryl methyl sites for hydroxylation is 1. The molecule has 1 aromatic carbocycles. The first kappa shape index (κ1) is 22.1. The van der Waals surface area contributed by atoms with E-state index in [-0.39, 0.29) is 18.0 Å². The summed E-state index contributed by atoms with van der Waals surface area (Å²) in [5.74, 6) is -5.52. The highest BCUT2D eigenvalue weighted by atomic mass is 19.4. The Kier molecular flexibility index (Phi) is 8.17. The van der Waals surface area contributed by atoms with E-state index in [4.69, 9.17) is 0 Å². The molecule has 0 heterocycles. The lowest BCUT2D eigenvalue weighted by atomic mass is 10.0. The first-order valence-corrected chi connectivity index (χ1v) is 8.20. The van der Waals surface area contributed by atoms with Gasteiger partial charge in [-0.2, -0.15) is 22.0 Å². The molecule has 0 aromatic heterocycles. The van der Waals surface area contributed by atoms with Crippen LogP contribution in [0.25, 0.3) is 0 Å². The molecule has 1 rings (SSSR count). The van der Waals surface area contributed by atoms with Crippen molar-refractivity contribution in [2.24, 2.45) is 0 Å². The first-order chi connectivity index (χ1) is 12.1. The maximum absolute atomic E-state index is 12.8. The minimum absolute atomic E-state index is 0.276. The summed E-state index contributed by atoms with van der Waals surface area (Å²) in [6.07, 6.45) is -5.45. The monoisotopic (exact) mass is 380 g/mol. The Hall–Kier alpha value is -1.99. The van der Waals surface area contributed by atoms with E-state index < -0.39 is 30.7 Å². The van der Waals surface area contributed by atoms with Gasteiger partial charge in [-0.05, 0) is 31.2 Å². The Morgan fingerprint density at radius 1 is 0.923 bits per heavy atom. The van der Waals surface area contributed by atoms with Gasteiger partial charge in [0.15, 0.2) is 5.78 Å². The average Bonchev–Trinajstić information content (AvgIpc) is 2.57. The number of ketones is 1. The van der Waals surface area contributed by atoms with Gasteiger partial charge in [-0.15, -0.1) is 0 Å². The largest absolute Gasteiger partial charge is 0.469 e. The second-order valence-corrected chi connectivity index (χ2v) is 5.96. The number of halogens is 5. The summed E-state index contributed by atoms with van der Waals surface area (Å²) in [5.41, 5.74) is 1.22. The fourth-order valence-electron chi connectivity index (χ4n) is 2.31. The van der Waals surface area contributed by atoms with E-state index in [1.165, 1.54) is 19.2 Å². The van der Waals surface area contributed by atoms with E-state index in [0.29, 0.717) is 19.3 Å². The molecular formula is C18H21F5O3. The van der Waals surface area contributed by atoms with Crippen LogP contribution in [-0.4, -0.2) is 31.0 Å². The van der Waals surface area contributed by atoms with Gasteiger partial charge in [0.1, 0.15) is 0 Å². The molecule has 0 bridgehead atoms. The Bertz CT molecular complexity index is 594. The van der Waals surface area contributed by atoms with E-state index in [0.717, 1.165) is 12.0 Å². The zero-order chi connectivity index (χ0) is 19.8. The first-order valence-electron chi connectivity index (χ1n) is 8.20. The molecule has 0 saturated carbocycles. The van der Waals surface area contributed by atoms with E-state index in [1.54, 1.807) is 12.1 Å². The van der Waals surface area contributed by atoms with Gasteiger partial charge in [-0.3, -0.25) is 9.59 Å². The van der Waals surface area contributed by atoms with Crippen LogP contribution in [0.3, 0.4) is 0 Å². The van der Waals surface area contributed by atoms with Gasteiger partial charge in [0.05, 0.1) is 7.11 Å². The summed E-state index contributed by atoms with van der Waals surface area (Å²) in [5, 5.41) is 0. The molecule has 0 aliphatic heterocycles. The number of Topliss-reactive ketones (excluding diaryl/α,β-unsaturated/α-hetero) is 1. The molecule has 146 valence electrons. The normalized spacial score (nSPS) is 12.1. The van der Waals surface area contributed by atoms with Crippen molar-refractivity contribution in [3.8, 4) is 0 Å². The van der Waals surface area contributed by atoms with Crippen molar-refractivity contribution < 1.29 is 36.3 Å². The number of carbonyl (C=O) groups is 2. The maximum Gasteiger partial charge on any atom is 0.453 e. The number of rotatable bonds is 10. The van der Waals surface area contributed by atoms with Gasteiger partial charge in [0, 0.05) is 24.8 Å². The Balaban J connectivity index is 2.41. The second-order valence-electron chi connectivity index (χ2n) is 5.96. The molecule has 0 amide bonds. The maximum atomic E-state index is 12.8. The van der Waals surface area contributed by atoms with Crippen LogP contribution < -0.4 is 0 Å². The molecular weight excluding hydrogens is 359 g/mol. The van der Waals surface area contributed by atoms with Gasteiger partial charge in [0.25, 0.3) is 0 Å². The van der Waals surface area contributed by atoms with Crippen LogP contribution in [0.15, 0.2) is 24.3 Å². The molecule has 0 radical (unpaired) electrons. The smallest absolute Gasteiger partial charge is 0.453 e. The fraction of sp³-hybridized carbons (Fsp3) is 0.556. The molecule has 0 saturated heterocycles. The predicted molar refractivity (Wildman–Crippen MR) is 85.2 cm³/mol. The minimum Gasteiger partial charge on any atom is -0.469 e. The van der Waals surface area contributed by atoms with Crippen molar-refractivity contribution >= 4 is 11.8 Å². The highest BCUT2D eigenvalue weighted by Gasteiger charge is 2.56. The molecule has 1 aromatic rings. The molecule has 0 N–H and O–H groups in total. The van der Waals surface area contributed by atoms with Crippen molar-refractivity contribution in [2.75, 3.05) is 7.11 Å². The van der Waals surface area contributed by atoms with Crippen LogP contribution in [0.4, 0.5) is 22.0 Å². The highest BCUT2D eigenvalue weighted by molar-refractivity contribution is 5.96. The quantitative estimate of drug-likeness (QED) is 0.245. The molecule has 8 heteroatoms. The predicted octanol–water partition coefficient (Wildman–Crippen LogP) is 5.12. The Labute approximate surface area is 148 Å². The van der Waals surface area contributed by atoms with E-state index >= 15 is 0 Å². The summed E-state index contributed by atoms with van der Waals surface area (Å²) in [4.78, 5) is 22.9. The third-order valence-electron chi connectivity index (χ3n) is 3.91. The van der Waals surface area contributed by atoms with E-state index in [9.17, 15) is 31.5 Å². The van der Waals surface area contributed by atoms with Crippen LogP contribution in [0.1, 0.15) is 54.4 Å². The minimum atomic E-state index is -5.59. The Morgan fingerprint density at radius 3 is 2.08 bits per heavy atom. The third kappa shape index (κ3) is 7.09. The number of methoxy groups -OCH3 is 1. The number of carbonyl (C=O) groups excluding carboxylic acids is 2. The lowest BCUT2D eigenvalue weighted by molar-refractivity contribution is -0.284. The van der Waals surface area contributed by atoms with Gasteiger partial charge in [-0.1, -0.05) is 24.3 Å². The number of hydrogen-bond acceptors (Lipinski definition) is 3. The molecule has 0 fully saturated rings. The van der Waals surface area contributed by atoms with Gasteiger partial charge >= 0.3 is 18.1 Å². The summed E-state index contributed by atoms with van der Waals surface area (Å²) in [6, 6.07) is 6.46. The lowest BCUT2D eigenvalue weighted by Crippen LogP contribution is -2.36. The zero-order valence-corrected chi connectivity index (χ0v) is 14.4. The number of hydrogen-bond donors (Lipinski definition) is 0. The number of alkyl halides is 5. The van der Waals surface area contributed by atoms with Crippen molar-refractivity contribution in [1.82, 2.24) is 0 Å². The van der Waals surface area contributed by atoms with Crippen molar-refractivity contribution in [3.63, 3.8) is 0 Å². The SMILES string of the molecule is COC(=O)CCCCc1ccc(C(=O)CCCC(F)(F)C(F)(F)F)cc1. The van der Waals surface area contributed by atoms with Crippen LogP contribution in [0.2, 0.25) is 0 Å². The molecule has 0 spiro atoms. The zero-order valence-electron chi connectivity index (χ0n) is 14.4. The van der Waals surface area contributed by atoms with Gasteiger partial charge in [0.2, 0.25) is 0 Å². The molecule has 0 aliphatic rings. The van der Waals surface area contributed by atoms with Crippen molar-refractivity contribution in [2.45, 2.75) is 57.0 Å². The molecule has 26 heavy (non-hydrogen) atoms. The van der Waals surface area contributed by atoms with Crippen LogP contribution >= 0.6 is 0 Å². The molecule has 0 atom stereocenters. The second kappa shape index (κ2) is 9.64. The fourth-order valence-corrected chi connectivity index (χ4v) is 2.31. The van der Waals surface area contributed by atoms with E-state index in [2.05, 4.69) is 4.74 Å². The number of unbranched alkanes of at least 4 members (excludes halogenated alkanes) is 1. The standard InChI is InChI=1S/C18H21F5O3/c1-26-16(25)7-3-2-5-13-8-10-14(11-9-13)15(24)6-4-12-17(19,20)18(21,22)23/h8-11H,2-7,12H2,1H3. The number of ether oxygens (including phenoxy) is 1.